The molecule has 0 saturated carbocycles. The first-order chi connectivity index (χ1) is 9.79. The van der Waals surface area contributed by atoms with E-state index in [4.69, 9.17) is 0 Å². The number of piperidine rings is 1. The summed E-state index contributed by atoms with van der Waals surface area (Å²) in [5, 5.41) is 7.54. The second kappa shape index (κ2) is 7.99. The normalized spacial score (nSPS) is 18.9. The van der Waals surface area contributed by atoms with Crippen LogP contribution in [0.5, 0.6) is 0 Å². The fourth-order valence-corrected chi connectivity index (χ4v) is 2.65. The third-order valence-corrected chi connectivity index (χ3v) is 3.72. The number of nitrogens with zero attached hydrogens (tertiary/aromatic N) is 4. The first-order valence-electron chi connectivity index (χ1n) is 7.63. The number of hydrogen-bond donors (Lipinski definition) is 1. The summed E-state index contributed by atoms with van der Waals surface area (Å²) in [7, 11) is 0. The third kappa shape index (κ3) is 4.59. The maximum atomic E-state index is 12.3. The molecule has 6 heteroatoms. The van der Waals surface area contributed by atoms with Crippen molar-refractivity contribution in [2.24, 2.45) is 0 Å². The molecule has 1 saturated heterocycles. The molecule has 1 aliphatic heterocycles. The van der Waals surface area contributed by atoms with Crippen LogP contribution in [0.1, 0.15) is 39.0 Å². The lowest BCUT2D eigenvalue weighted by molar-refractivity contribution is -0.132. The summed E-state index contributed by atoms with van der Waals surface area (Å²) >= 11 is 0. The molecule has 0 aliphatic carbocycles. The van der Waals surface area contributed by atoms with Crippen LogP contribution < -0.4 is 5.32 Å². The quantitative estimate of drug-likeness (QED) is 0.810. The summed E-state index contributed by atoms with van der Waals surface area (Å²) in [5.74, 6) is 0.217. The van der Waals surface area contributed by atoms with Crippen molar-refractivity contribution in [1.82, 2.24) is 25.0 Å². The zero-order chi connectivity index (χ0) is 14.2. The van der Waals surface area contributed by atoms with Crippen LogP contribution in [0.15, 0.2) is 12.7 Å². The van der Waals surface area contributed by atoms with Gasteiger partial charge in [0.1, 0.15) is 12.7 Å². The molecule has 0 spiro atoms. The molecule has 1 fully saturated rings. The first-order valence-corrected chi connectivity index (χ1v) is 7.63. The molecular formula is C14H25N5O. The van der Waals surface area contributed by atoms with Crippen LogP contribution in [0.4, 0.5) is 0 Å². The Morgan fingerprint density at radius 3 is 3.05 bits per heavy atom. The van der Waals surface area contributed by atoms with E-state index < -0.39 is 0 Å². The van der Waals surface area contributed by atoms with E-state index in [1.54, 1.807) is 11.0 Å². The van der Waals surface area contributed by atoms with Crippen LogP contribution in [-0.4, -0.2) is 51.2 Å². The van der Waals surface area contributed by atoms with Crippen molar-refractivity contribution < 1.29 is 4.79 Å². The zero-order valence-corrected chi connectivity index (χ0v) is 12.3. The fraction of sp³-hybridized carbons (Fsp3) is 0.786. The number of nitrogens with one attached hydrogen (secondary N) is 1. The highest BCUT2D eigenvalue weighted by Gasteiger charge is 2.19. The molecule has 1 N–H and O–H groups in total. The summed E-state index contributed by atoms with van der Waals surface area (Å²) in [4.78, 5) is 18.2. The Hall–Kier alpha value is -1.43. The Bertz CT molecular complexity index is 386. The van der Waals surface area contributed by atoms with Gasteiger partial charge in [0.25, 0.3) is 0 Å². The van der Waals surface area contributed by atoms with Crippen molar-refractivity contribution in [3.63, 3.8) is 0 Å². The molecular weight excluding hydrogens is 254 g/mol. The van der Waals surface area contributed by atoms with Gasteiger partial charge in [0.2, 0.25) is 5.91 Å². The van der Waals surface area contributed by atoms with Crippen molar-refractivity contribution >= 4 is 5.91 Å². The minimum atomic E-state index is 0.217. The molecule has 2 heterocycles. The Balaban J connectivity index is 1.81. The van der Waals surface area contributed by atoms with Gasteiger partial charge in [0.05, 0.1) is 6.54 Å². The second-order valence-electron chi connectivity index (χ2n) is 5.40. The number of carbonyl (C=O) groups is 1. The molecule has 1 unspecified atom stereocenters. The number of carbonyl (C=O) groups excluding carboxylic acids is 1. The average molecular weight is 279 g/mol. The lowest BCUT2D eigenvalue weighted by Crippen LogP contribution is -2.46. The molecule has 1 amide bonds. The lowest BCUT2D eigenvalue weighted by atomic mass is 10.0. The van der Waals surface area contributed by atoms with Gasteiger partial charge >= 0.3 is 0 Å². The third-order valence-electron chi connectivity index (χ3n) is 3.72. The zero-order valence-electron chi connectivity index (χ0n) is 12.3. The molecule has 6 nitrogen and oxygen atoms in total. The van der Waals surface area contributed by atoms with Crippen LogP contribution >= 0.6 is 0 Å². The summed E-state index contributed by atoms with van der Waals surface area (Å²) in [5.41, 5.74) is 0. The van der Waals surface area contributed by atoms with Crippen molar-refractivity contribution in [3.8, 4) is 0 Å². The molecule has 20 heavy (non-hydrogen) atoms. The number of aryl methyl sites for hydroxylation is 1. The van der Waals surface area contributed by atoms with Gasteiger partial charge in [-0.2, -0.15) is 5.10 Å². The molecule has 0 radical (unpaired) electrons. The number of hydrogen-bond acceptors (Lipinski definition) is 4. The predicted molar refractivity (Wildman–Crippen MR) is 77.2 cm³/mol. The van der Waals surface area contributed by atoms with Crippen molar-refractivity contribution in [2.75, 3.05) is 19.6 Å². The van der Waals surface area contributed by atoms with Gasteiger partial charge < -0.3 is 10.2 Å². The Morgan fingerprint density at radius 1 is 1.50 bits per heavy atom. The standard InChI is InChI=1S/C14H25N5O/c1-2-8-18(10-13-5-3-4-7-16-13)14(20)6-9-19-12-15-11-17-19/h11-13,16H,2-10H2,1H3. The number of aromatic nitrogens is 3. The average Bonchev–Trinajstić information content (AvgIpc) is 2.99. The molecule has 112 valence electrons. The molecule has 1 aromatic heterocycles. The van der Waals surface area contributed by atoms with Crippen LogP contribution in [0.3, 0.4) is 0 Å². The SMILES string of the molecule is CCCN(CC1CCCCN1)C(=O)CCn1cncn1. The number of amides is 1. The van der Waals surface area contributed by atoms with E-state index in [1.165, 1.54) is 25.6 Å². The highest BCUT2D eigenvalue weighted by Crippen LogP contribution is 2.10. The predicted octanol–water partition coefficient (Wildman–Crippen LogP) is 1.05. The second-order valence-corrected chi connectivity index (χ2v) is 5.40. The number of rotatable bonds is 7. The lowest BCUT2D eigenvalue weighted by Gasteiger charge is -2.30. The Labute approximate surface area is 120 Å². The van der Waals surface area contributed by atoms with Crippen molar-refractivity contribution in [1.29, 1.82) is 0 Å². The molecule has 1 atom stereocenters. The van der Waals surface area contributed by atoms with E-state index in [9.17, 15) is 4.79 Å². The monoisotopic (exact) mass is 279 g/mol. The summed E-state index contributed by atoms with van der Waals surface area (Å²) in [6.45, 7) is 5.49. The maximum Gasteiger partial charge on any atom is 0.224 e. The minimum absolute atomic E-state index is 0.217. The van der Waals surface area contributed by atoms with E-state index in [2.05, 4.69) is 22.3 Å². The molecule has 0 aromatic carbocycles. The summed E-state index contributed by atoms with van der Waals surface area (Å²) in [6.07, 6.45) is 8.35. The highest BCUT2D eigenvalue weighted by atomic mass is 16.2. The van der Waals surface area contributed by atoms with Crippen LogP contribution in [0.25, 0.3) is 0 Å². The van der Waals surface area contributed by atoms with Gasteiger partial charge in [-0.15, -0.1) is 0 Å². The van der Waals surface area contributed by atoms with Crippen molar-refractivity contribution in [3.05, 3.63) is 12.7 Å². The van der Waals surface area contributed by atoms with Gasteiger partial charge in [0.15, 0.2) is 0 Å². The first kappa shape index (κ1) is 15.0. The van der Waals surface area contributed by atoms with Crippen LogP contribution in [0.2, 0.25) is 0 Å². The van der Waals surface area contributed by atoms with Gasteiger partial charge in [-0.25, -0.2) is 4.98 Å². The van der Waals surface area contributed by atoms with E-state index in [-0.39, 0.29) is 5.91 Å². The topological polar surface area (TPSA) is 63.1 Å². The largest absolute Gasteiger partial charge is 0.341 e. The molecule has 2 rings (SSSR count). The van der Waals surface area contributed by atoms with Gasteiger partial charge in [-0.1, -0.05) is 13.3 Å². The smallest absolute Gasteiger partial charge is 0.224 e. The molecule has 1 aliphatic rings. The fourth-order valence-electron chi connectivity index (χ4n) is 2.65. The molecule has 1 aromatic rings. The van der Waals surface area contributed by atoms with Crippen molar-refractivity contribution in [2.45, 2.75) is 51.6 Å². The van der Waals surface area contributed by atoms with E-state index >= 15 is 0 Å². The maximum absolute atomic E-state index is 12.3. The van der Waals surface area contributed by atoms with Gasteiger partial charge in [0, 0.05) is 25.6 Å². The van der Waals surface area contributed by atoms with Gasteiger partial charge in [-0.3, -0.25) is 9.48 Å². The van der Waals surface area contributed by atoms with E-state index in [1.807, 2.05) is 4.90 Å². The molecule has 0 bridgehead atoms. The minimum Gasteiger partial charge on any atom is -0.341 e. The Kier molecular flexibility index (Phi) is 5.98. The van der Waals surface area contributed by atoms with Crippen LogP contribution in [0, 0.1) is 0 Å². The Morgan fingerprint density at radius 2 is 2.40 bits per heavy atom. The van der Waals surface area contributed by atoms with E-state index in [0.717, 1.165) is 26.1 Å². The van der Waals surface area contributed by atoms with E-state index in [0.29, 0.717) is 19.0 Å². The van der Waals surface area contributed by atoms with Gasteiger partial charge in [-0.05, 0) is 25.8 Å². The highest BCUT2D eigenvalue weighted by molar-refractivity contribution is 5.76. The summed E-state index contributed by atoms with van der Waals surface area (Å²) < 4.78 is 1.71. The van der Waals surface area contributed by atoms with Crippen LogP contribution in [-0.2, 0) is 11.3 Å². The summed E-state index contributed by atoms with van der Waals surface area (Å²) in [6, 6.07) is 0.464.